The van der Waals surface area contributed by atoms with Crippen molar-refractivity contribution < 1.29 is 0 Å². The van der Waals surface area contributed by atoms with Crippen LogP contribution in [-0.2, 0) is 7.05 Å². The number of aryl methyl sites for hydroxylation is 2. The van der Waals surface area contributed by atoms with Crippen LogP contribution >= 0.6 is 0 Å². The maximum Gasteiger partial charge on any atom is 0.101 e. The van der Waals surface area contributed by atoms with E-state index in [0.29, 0.717) is 0 Å². The van der Waals surface area contributed by atoms with Crippen molar-refractivity contribution in [1.29, 1.82) is 5.26 Å². The Balaban J connectivity index is 0.000000531. The number of hydrogen-bond acceptors (Lipinski definition) is 1. The molecule has 0 saturated carbocycles. The fourth-order valence-corrected chi connectivity index (χ4v) is 1.65. The normalized spacial score (nSPS) is 9.27. The van der Waals surface area contributed by atoms with Gasteiger partial charge in [-0.05, 0) is 24.6 Å². The first-order valence-electron chi connectivity index (χ1n) is 5.19. The van der Waals surface area contributed by atoms with E-state index in [1.165, 1.54) is 10.9 Å². The molecule has 0 atom stereocenters. The Labute approximate surface area is 90.8 Å². The summed E-state index contributed by atoms with van der Waals surface area (Å²) in [5.74, 6) is 0. The van der Waals surface area contributed by atoms with E-state index in [2.05, 4.69) is 13.0 Å². The first-order valence-corrected chi connectivity index (χ1v) is 5.19. The molecule has 0 unspecified atom stereocenters. The number of rotatable bonds is 0. The van der Waals surface area contributed by atoms with Crippen molar-refractivity contribution in [1.82, 2.24) is 4.57 Å². The van der Waals surface area contributed by atoms with E-state index in [4.69, 9.17) is 5.26 Å². The highest BCUT2D eigenvalue weighted by Gasteiger charge is 2.05. The summed E-state index contributed by atoms with van der Waals surface area (Å²) in [6.45, 7) is 6.06. The van der Waals surface area contributed by atoms with Gasteiger partial charge < -0.3 is 4.57 Å². The molecule has 78 valence electrons. The molecule has 0 bridgehead atoms. The lowest BCUT2D eigenvalue weighted by molar-refractivity contribution is 0.967. The maximum absolute atomic E-state index is 8.91. The van der Waals surface area contributed by atoms with E-state index < -0.39 is 0 Å². The van der Waals surface area contributed by atoms with E-state index in [1.807, 2.05) is 49.9 Å². The lowest BCUT2D eigenvalue weighted by Gasteiger charge is -2.00. The molecule has 0 spiro atoms. The second kappa shape index (κ2) is 4.65. The molecule has 0 radical (unpaired) electrons. The van der Waals surface area contributed by atoms with Crippen LogP contribution in [0.1, 0.15) is 25.0 Å². The quantitative estimate of drug-likeness (QED) is 0.640. The van der Waals surface area contributed by atoms with Gasteiger partial charge in [0.25, 0.3) is 0 Å². The molecule has 0 N–H and O–H groups in total. The summed E-state index contributed by atoms with van der Waals surface area (Å²) in [5.41, 5.74) is 2.99. The molecule has 15 heavy (non-hydrogen) atoms. The van der Waals surface area contributed by atoms with Crippen LogP contribution in [0, 0.1) is 18.3 Å². The zero-order valence-corrected chi connectivity index (χ0v) is 9.70. The summed E-state index contributed by atoms with van der Waals surface area (Å²) < 4.78 is 1.99. The first kappa shape index (κ1) is 11.3. The van der Waals surface area contributed by atoms with Gasteiger partial charge in [0.1, 0.15) is 6.07 Å². The lowest BCUT2D eigenvalue weighted by atomic mass is 10.1. The minimum Gasteiger partial charge on any atom is -0.349 e. The van der Waals surface area contributed by atoms with Crippen molar-refractivity contribution in [3.8, 4) is 6.07 Å². The predicted molar refractivity (Wildman–Crippen MR) is 63.7 cm³/mol. The van der Waals surface area contributed by atoms with Gasteiger partial charge in [0.2, 0.25) is 0 Å². The molecule has 2 heteroatoms. The van der Waals surface area contributed by atoms with Crippen LogP contribution in [0.2, 0.25) is 0 Å². The average molecular weight is 200 g/mol. The summed E-state index contributed by atoms with van der Waals surface area (Å²) in [6.07, 6.45) is 1.98. The molecule has 1 heterocycles. The second-order valence-electron chi connectivity index (χ2n) is 3.23. The van der Waals surface area contributed by atoms with E-state index in [0.717, 1.165) is 11.1 Å². The molecular formula is C13H16N2. The van der Waals surface area contributed by atoms with Gasteiger partial charge in [0.15, 0.2) is 0 Å². The van der Waals surface area contributed by atoms with Crippen LogP contribution in [0.15, 0.2) is 24.4 Å². The summed E-state index contributed by atoms with van der Waals surface area (Å²) in [7, 11) is 1.96. The van der Waals surface area contributed by atoms with E-state index in [9.17, 15) is 0 Å². The van der Waals surface area contributed by atoms with Crippen LogP contribution in [-0.4, -0.2) is 4.57 Å². The van der Waals surface area contributed by atoms with Crippen molar-refractivity contribution in [2.45, 2.75) is 20.8 Å². The summed E-state index contributed by atoms with van der Waals surface area (Å²) in [5, 5.41) is 10.1. The standard InChI is InChI=1S/C11H10N2.C2H6/c1-8-3-4-9(7-12)11-10(8)5-6-13(11)2;1-2/h3-6H,1-2H3;1-2H3. The molecule has 2 nitrogen and oxygen atoms in total. The first-order chi connectivity index (χ1) is 7.24. The Morgan fingerprint density at radius 3 is 2.47 bits per heavy atom. The van der Waals surface area contributed by atoms with Crippen molar-refractivity contribution in [3.05, 3.63) is 35.5 Å². The molecule has 0 amide bonds. The fraction of sp³-hybridized carbons (Fsp3) is 0.308. The number of nitrogens with zero attached hydrogens (tertiary/aromatic N) is 2. The monoisotopic (exact) mass is 200 g/mol. The zero-order chi connectivity index (χ0) is 11.4. The lowest BCUT2D eigenvalue weighted by Crippen LogP contribution is -1.88. The SMILES string of the molecule is CC.Cc1ccc(C#N)c2c1ccn2C. The van der Waals surface area contributed by atoms with Crippen molar-refractivity contribution in [2.75, 3.05) is 0 Å². The number of hydrogen-bond donors (Lipinski definition) is 0. The van der Waals surface area contributed by atoms with Crippen LogP contribution in [0.25, 0.3) is 10.9 Å². The van der Waals surface area contributed by atoms with E-state index >= 15 is 0 Å². The highest BCUT2D eigenvalue weighted by molar-refractivity contribution is 5.88. The van der Waals surface area contributed by atoms with Gasteiger partial charge in [-0.25, -0.2) is 0 Å². The Kier molecular flexibility index (Phi) is 3.51. The molecule has 0 fully saturated rings. The Bertz CT molecular complexity index is 501. The van der Waals surface area contributed by atoms with Gasteiger partial charge in [-0.1, -0.05) is 19.9 Å². The maximum atomic E-state index is 8.91. The van der Waals surface area contributed by atoms with E-state index in [1.54, 1.807) is 0 Å². The van der Waals surface area contributed by atoms with Crippen molar-refractivity contribution >= 4 is 10.9 Å². The molecule has 0 saturated heterocycles. The average Bonchev–Trinajstić information content (AvgIpc) is 2.66. The number of benzene rings is 1. The van der Waals surface area contributed by atoms with Gasteiger partial charge in [-0.2, -0.15) is 5.26 Å². The van der Waals surface area contributed by atoms with Crippen molar-refractivity contribution in [2.24, 2.45) is 7.05 Å². The summed E-state index contributed by atoms with van der Waals surface area (Å²) >= 11 is 0. The third-order valence-corrected chi connectivity index (χ3v) is 2.37. The number of fused-ring (bicyclic) bond motifs is 1. The smallest absolute Gasteiger partial charge is 0.101 e. The Hall–Kier alpha value is -1.75. The largest absolute Gasteiger partial charge is 0.349 e. The van der Waals surface area contributed by atoms with Gasteiger partial charge in [0.05, 0.1) is 11.1 Å². The van der Waals surface area contributed by atoms with Crippen LogP contribution in [0.5, 0.6) is 0 Å². The third-order valence-electron chi connectivity index (χ3n) is 2.37. The summed E-state index contributed by atoms with van der Waals surface area (Å²) in [4.78, 5) is 0. The van der Waals surface area contributed by atoms with Crippen LogP contribution in [0.3, 0.4) is 0 Å². The minimum absolute atomic E-state index is 0.744. The van der Waals surface area contributed by atoms with Gasteiger partial charge >= 0.3 is 0 Å². The van der Waals surface area contributed by atoms with Gasteiger partial charge in [0, 0.05) is 18.6 Å². The number of nitriles is 1. The molecule has 2 rings (SSSR count). The fourth-order valence-electron chi connectivity index (χ4n) is 1.65. The zero-order valence-electron chi connectivity index (χ0n) is 9.70. The molecule has 0 aliphatic carbocycles. The number of aromatic nitrogens is 1. The minimum atomic E-state index is 0.744. The highest BCUT2D eigenvalue weighted by atomic mass is 14.9. The molecule has 0 aliphatic rings. The van der Waals surface area contributed by atoms with Crippen LogP contribution in [0.4, 0.5) is 0 Å². The Morgan fingerprint density at radius 2 is 1.87 bits per heavy atom. The second-order valence-corrected chi connectivity index (χ2v) is 3.23. The summed E-state index contributed by atoms with van der Waals surface area (Å²) in [6, 6.07) is 8.11. The van der Waals surface area contributed by atoms with Gasteiger partial charge in [-0.15, -0.1) is 0 Å². The van der Waals surface area contributed by atoms with Crippen LogP contribution < -0.4 is 0 Å². The van der Waals surface area contributed by atoms with Crippen molar-refractivity contribution in [3.63, 3.8) is 0 Å². The molecular weight excluding hydrogens is 184 g/mol. The molecule has 1 aromatic carbocycles. The molecule has 2 aromatic rings. The third kappa shape index (κ3) is 1.87. The molecule has 0 aliphatic heterocycles. The topological polar surface area (TPSA) is 28.7 Å². The predicted octanol–water partition coefficient (Wildman–Crippen LogP) is 3.38. The highest BCUT2D eigenvalue weighted by Crippen LogP contribution is 2.22. The Morgan fingerprint density at radius 1 is 1.20 bits per heavy atom. The van der Waals surface area contributed by atoms with Gasteiger partial charge in [-0.3, -0.25) is 0 Å². The molecule has 1 aromatic heterocycles. The van der Waals surface area contributed by atoms with E-state index in [-0.39, 0.29) is 0 Å².